The van der Waals surface area contributed by atoms with Crippen molar-refractivity contribution in [2.24, 2.45) is 0 Å². The van der Waals surface area contributed by atoms with Crippen molar-refractivity contribution in [3.63, 3.8) is 0 Å². The summed E-state index contributed by atoms with van der Waals surface area (Å²) < 4.78 is 9.39. The summed E-state index contributed by atoms with van der Waals surface area (Å²) in [6, 6.07) is 13.3. The van der Waals surface area contributed by atoms with Gasteiger partial charge in [-0.3, -0.25) is 13.9 Å². The number of fused-ring (bicyclic) bond motifs is 1. The average molecular weight is 465 g/mol. The van der Waals surface area contributed by atoms with Gasteiger partial charge in [0.25, 0.3) is 5.56 Å². The largest absolute Gasteiger partial charge is 0.376 e. The van der Waals surface area contributed by atoms with E-state index in [0.29, 0.717) is 29.0 Å². The maximum atomic E-state index is 12.9. The second-order valence-electron chi connectivity index (χ2n) is 7.41. The van der Waals surface area contributed by atoms with Crippen LogP contribution in [0.3, 0.4) is 0 Å². The first-order valence-corrected chi connectivity index (χ1v) is 12.2. The number of nitriles is 1. The van der Waals surface area contributed by atoms with Gasteiger partial charge < -0.3 is 4.74 Å². The minimum Gasteiger partial charge on any atom is -0.376 e. The molecule has 4 heterocycles. The molecule has 1 aliphatic heterocycles. The third kappa shape index (κ3) is 4.07. The topological polar surface area (TPSA) is 98.6 Å². The number of thioether (sulfide) groups is 1. The summed E-state index contributed by atoms with van der Waals surface area (Å²) in [4.78, 5) is 18.6. The van der Waals surface area contributed by atoms with Gasteiger partial charge in [-0.2, -0.15) is 5.26 Å². The van der Waals surface area contributed by atoms with E-state index < -0.39 is 0 Å². The molecule has 1 saturated heterocycles. The molecule has 4 aromatic rings. The van der Waals surface area contributed by atoms with Crippen LogP contribution in [0.2, 0.25) is 0 Å². The average Bonchev–Trinajstić information content (AvgIpc) is 3.57. The number of rotatable bonds is 7. The third-order valence-electron chi connectivity index (χ3n) is 5.37. The van der Waals surface area contributed by atoms with Crippen molar-refractivity contribution in [1.82, 2.24) is 24.3 Å². The van der Waals surface area contributed by atoms with Gasteiger partial charge in [-0.05, 0) is 36.4 Å². The fourth-order valence-corrected chi connectivity index (χ4v) is 5.44. The molecule has 3 aromatic heterocycles. The molecule has 1 unspecified atom stereocenters. The van der Waals surface area contributed by atoms with Crippen LogP contribution in [-0.2, 0) is 23.6 Å². The number of nitrogens with zero attached hydrogens (tertiary/aromatic N) is 6. The van der Waals surface area contributed by atoms with Gasteiger partial charge in [0, 0.05) is 6.61 Å². The molecule has 5 rings (SSSR count). The Morgan fingerprint density at radius 2 is 2.12 bits per heavy atom. The Bertz CT molecular complexity index is 1330. The van der Waals surface area contributed by atoms with Gasteiger partial charge in [0.1, 0.15) is 12.4 Å². The van der Waals surface area contributed by atoms with E-state index in [1.165, 1.54) is 16.3 Å². The molecular weight excluding hydrogens is 444 g/mol. The number of ether oxygens (including phenoxy) is 1. The van der Waals surface area contributed by atoms with Gasteiger partial charge in [0.15, 0.2) is 11.0 Å². The van der Waals surface area contributed by atoms with Crippen molar-refractivity contribution in [2.75, 3.05) is 6.61 Å². The smallest absolute Gasteiger partial charge is 0.262 e. The van der Waals surface area contributed by atoms with Crippen molar-refractivity contribution in [3.05, 3.63) is 58.0 Å². The van der Waals surface area contributed by atoms with Gasteiger partial charge in [-0.1, -0.05) is 30.0 Å². The summed E-state index contributed by atoms with van der Waals surface area (Å²) in [6.07, 6.45) is 2.21. The first-order chi connectivity index (χ1) is 15.7. The molecule has 1 aliphatic rings. The van der Waals surface area contributed by atoms with Crippen molar-refractivity contribution in [3.8, 4) is 16.8 Å². The zero-order chi connectivity index (χ0) is 21.9. The van der Waals surface area contributed by atoms with Crippen LogP contribution in [-0.4, -0.2) is 37.0 Å². The van der Waals surface area contributed by atoms with E-state index in [-0.39, 0.29) is 18.2 Å². The summed E-state index contributed by atoms with van der Waals surface area (Å²) in [5, 5.41) is 21.4. The predicted molar refractivity (Wildman–Crippen MR) is 123 cm³/mol. The first kappa shape index (κ1) is 20.9. The highest BCUT2D eigenvalue weighted by Gasteiger charge is 2.23. The van der Waals surface area contributed by atoms with E-state index in [1.54, 1.807) is 23.5 Å². The highest BCUT2D eigenvalue weighted by molar-refractivity contribution is 7.98. The Morgan fingerprint density at radius 1 is 1.22 bits per heavy atom. The molecule has 0 radical (unpaired) electrons. The first-order valence-electron chi connectivity index (χ1n) is 10.3. The molecule has 0 spiro atoms. The number of thiophene rings is 1. The standard InChI is InChI=1S/C22H20N6O2S2/c23-9-10-27-19(24-17-7-2-1-6-16(17)21(27)29)14-32-22-26-25-20(18-8-4-12-31-18)28(22)13-15-5-3-11-30-15/h1-2,4,6-8,12,15H,3,5,10-11,13-14H2. The molecule has 8 nitrogen and oxygen atoms in total. The monoisotopic (exact) mass is 464 g/mol. The Kier molecular flexibility index (Phi) is 6.03. The number of para-hydroxylation sites is 1. The van der Waals surface area contributed by atoms with Crippen LogP contribution in [0.4, 0.5) is 0 Å². The molecule has 10 heteroatoms. The van der Waals surface area contributed by atoms with Crippen molar-refractivity contribution in [2.45, 2.75) is 42.9 Å². The minimum absolute atomic E-state index is 0.0460. The number of benzene rings is 1. The lowest BCUT2D eigenvalue weighted by molar-refractivity contribution is 0.0953. The maximum absolute atomic E-state index is 12.9. The van der Waals surface area contributed by atoms with Crippen molar-refractivity contribution in [1.29, 1.82) is 5.26 Å². The quantitative estimate of drug-likeness (QED) is 0.385. The molecule has 0 amide bonds. The number of hydrogen-bond acceptors (Lipinski definition) is 8. The normalized spacial score (nSPS) is 15.9. The molecule has 0 N–H and O–H groups in total. The third-order valence-corrected chi connectivity index (χ3v) is 7.20. The number of hydrogen-bond donors (Lipinski definition) is 0. The van der Waals surface area contributed by atoms with Crippen LogP contribution in [0.15, 0.2) is 51.7 Å². The van der Waals surface area contributed by atoms with Gasteiger partial charge >= 0.3 is 0 Å². The fourth-order valence-electron chi connectivity index (χ4n) is 3.83. The van der Waals surface area contributed by atoms with E-state index >= 15 is 0 Å². The van der Waals surface area contributed by atoms with E-state index in [9.17, 15) is 10.1 Å². The van der Waals surface area contributed by atoms with Crippen molar-refractivity contribution >= 4 is 34.0 Å². The zero-order valence-electron chi connectivity index (χ0n) is 17.2. The van der Waals surface area contributed by atoms with E-state index in [2.05, 4.69) is 25.8 Å². The second kappa shape index (κ2) is 9.24. The van der Waals surface area contributed by atoms with Crippen LogP contribution in [0, 0.1) is 11.3 Å². The summed E-state index contributed by atoms with van der Waals surface area (Å²) in [5.74, 6) is 1.76. The van der Waals surface area contributed by atoms with Crippen LogP contribution < -0.4 is 5.56 Å². The summed E-state index contributed by atoms with van der Waals surface area (Å²) >= 11 is 3.09. The second-order valence-corrected chi connectivity index (χ2v) is 9.30. The van der Waals surface area contributed by atoms with Gasteiger partial charge in [0.2, 0.25) is 0 Å². The lowest BCUT2D eigenvalue weighted by atomic mass is 10.2. The molecule has 1 fully saturated rings. The fraction of sp³-hybridized carbons (Fsp3) is 0.318. The Hall–Kier alpha value is -3.00. The maximum Gasteiger partial charge on any atom is 0.262 e. The zero-order valence-corrected chi connectivity index (χ0v) is 18.8. The van der Waals surface area contributed by atoms with Crippen molar-refractivity contribution < 1.29 is 4.74 Å². The Morgan fingerprint density at radius 3 is 2.91 bits per heavy atom. The van der Waals surface area contributed by atoms with Gasteiger partial charge in [-0.25, -0.2) is 4.98 Å². The Labute approximate surface area is 192 Å². The molecule has 1 aromatic carbocycles. The van der Waals surface area contributed by atoms with E-state index in [4.69, 9.17) is 4.74 Å². The van der Waals surface area contributed by atoms with E-state index in [0.717, 1.165) is 35.3 Å². The van der Waals surface area contributed by atoms with Crippen LogP contribution in [0.5, 0.6) is 0 Å². The molecule has 0 bridgehead atoms. The summed E-state index contributed by atoms with van der Waals surface area (Å²) in [7, 11) is 0. The van der Waals surface area contributed by atoms with Gasteiger partial charge in [-0.15, -0.1) is 21.5 Å². The minimum atomic E-state index is -0.201. The molecule has 0 saturated carbocycles. The Balaban J connectivity index is 1.48. The van der Waals surface area contributed by atoms with Gasteiger partial charge in [0.05, 0.1) is 40.3 Å². The van der Waals surface area contributed by atoms with Crippen LogP contribution >= 0.6 is 23.1 Å². The molecule has 32 heavy (non-hydrogen) atoms. The lowest BCUT2D eigenvalue weighted by Crippen LogP contribution is -2.24. The summed E-state index contributed by atoms with van der Waals surface area (Å²) in [6.45, 7) is 1.42. The number of aromatic nitrogens is 5. The SMILES string of the molecule is N#CCn1c(CSc2nnc(-c3cccs3)n2CC2CCCO2)nc2ccccc2c1=O. The van der Waals surface area contributed by atoms with Crippen LogP contribution in [0.1, 0.15) is 18.7 Å². The molecule has 1 atom stereocenters. The summed E-state index contributed by atoms with van der Waals surface area (Å²) in [5.41, 5.74) is 0.426. The van der Waals surface area contributed by atoms with E-state index in [1.807, 2.05) is 29.6 Å². The predicted octanol–water partition coefficient (Wildman–Crippen LogP) is 3.71. The van der Waals surface area contributed by atoms with Crippen LogP contribution in [0.25, 0.3) is 21.6 Å². The molecular formula is C22H20N6O2S2. The highest BCUT2D eigenvalue weighted by atomic mass is 32.2. The lowest BCUT2D eigenvalue weighted by Gasteiger charge is -2.15. The molecule has 162 valence electrons. The highest BCUT2D eigenvalue weighted by Crippen LogP contribution is 2.30. The molecule has 0 aliphatic carbocycles.